The second-order valence-corrected chi connectivity index (χ2v) is 14.0. The summed E-state index contributed by atoms with van der Waals surface area (Å²) in [5, 5.41) is 42.1. The summed E-state index contributed by atoms with van der Waals surface area (Å²) in [6.07, 6.45) is 4.85. The highest BCUT2D eigenvalue weighted by molar-refractivity contribution is 14.1. The molecule has 270 valence electrons. The van der Waals surface area contributed by atoms with Gasteiger partial charge >= 0.3 is 5.97 Å². The van der Waals surface area contributed by atoms with Gasteiger partial charge in [0.15, 0.2) is 11.5 Å². The van der Waals surface area contributed by atoms with E-state index in [1.54, 1.807) is 12.3 Å². The molecule has 4 N–H and O–H groups in total. The quantitative estimate of drug-likeness (QED) is 0.0574. The number of aliphatic hydroxyl groups excluding tert-OH is 2. The number of ether oxygens (including phenoxy) is 2. The number of halogens is 1. The van der Waals surface area contributed by atoms with E-state index in [1.807, 2.05) is 83.3 Å². The highest BCUT2D eigenvalue weighted by Gasteiger charge is 2.54. The van der Waals surface area contributed by atoms with E-state index in [1.165, 1.54) is 12.0 Å². The Morgan fingerprint density at radius 1 is 1.06 bits per heavy atom. The minimum Gasteiger partial charge on any atom is -0.504 e. The number of para-hydroxylation sites is 1. The van der Waals surface area contributed by atoms with Crippen LogP contribution in [0.15, 0.2) is 78.0 Å². The number of amides is 2. The molecule has 0 unspecified atom stereocenters. The number of allylic oxidation sites excluding steroid dienone is 1. The third-order valence-electron chi connectivity index (χ3n) is 9.55. The lowest BCUT2D eigenvalue weighted by atomic mass is 9.68. The topological polar surface area (TPSA) is 167 Å². The maximum atomic E-state index is 13.8. The minimum absolute atomic E-state index is 0.0232. The van der Waals surface area contributed by atoms with Crippen LogP contribution in [0, 0.1) is 21.3 Å². The second kappa shape index (κ2) is 17.8. The first kappa shape index (κ1) is 38.0. The van der Waals surface area contributed by atoms with E-state index in [0.717, 1.165) is 11.1 Å². The zero-order chi connectivity index (χ0) is 36.5. The van der Waals surface area contributed by atoms with E-state index < -0.39 is 36.4 Å². The van der Waals surface area contributed by atoms with Gasteiger partial charge in [-0.15, -0.1) is 0 Å². The van der Waals surface area contributed by atoms with Crippen LogP contribution in [0.1, 0.15) is 56.2 Å². The van der Waals surface area contributed by atoms with Crippen molar-refractivity contribution in [3.8, 4) is 17.2 Å². The number of nitrogens with zero attached hydrogens (tertiary/aromatic N) is 2. The molecule has 0 bridgehead atoms. The van der Waals surface area contributed by atoms with Crippen LogP contribution in [0.5, 0.6) is 17.2 Å². The molecule has 4 atom stereocenters. The molecule has 0 spiro atoms. The number of fused-ring (bicyclic) bond motifs is 1. The first-order chi connectivity index (χ1) is 24.6. The number of imide groups is 1. The molecule has 5 rings (SSSR count). The number of phenols is 1. The summed E-state index contributed by atoms with van der Waals surface area (Å²) in [4.78, 5) is 44.2. The van der Waals surface area contributed by atoms with Crippen molar-refractivity contribution >= 4 is 52.0 Å². The summed E-state index contributed by atoms with van der Waals surface area (Å²) >= 11 is 2.04. The molecular weight excluding hydrogens is 767 g/mol. The van der Waals surface area contributed by atoms with Gasteiger partial charge in [0.1, 0.15) is 12.4 Å². The van der Waals surface area contributed by atoms with Gasteiger partial charge in [0.25, 0.3) is 0 Å². The molecule has 2 aliphatic rings. The van der Waals surface area contributed by atoms with Gasteiger partial charge in [-0.25, -0.2) is 0 Å². The fourth-order valence-electron chi connectivity index (χ4n) is 7.10. The summed E-state index contributed by atoms with van der Waals surface area (Å²) < 4.78 is 12.1. The van der Waals surface area contributed by atoms with Gasteiger partial charge in [0.2, 0.25) is 11.8 Å². The number of aromatic nitrogens is 1. The fourth-order valence-corrected chi connectivity index (χ4v) is 7.72. The number of aliphatic hydroxyl groups is 2. The van der Waals surface area contributed by atoms with E-state index in [0.29, 0.717) is 57.6 Å². The van der Waals surface area contributed by atoms with E-state index >= 15 is 0 Å². The number of pyridine rings is 1. The number of carbonyl (C=O) groups is 3. The summed E-state index contributed by atoms with van der Waals surface area (Å²) in [5.41, 5.74) is 3.48. The van der Waals surface area contributed by atoms with Crippen LogP contribution in [0.25, 0.3) is 11.6 Å². The van der Waals surface area contributed by atoms with Gasteiger partial charge in [-0.1, -0.05) is 30.7 Å². The first-order valence-corrected chi connectivity index (χ1v) is 18.1. The number of aromatic hydroxyl groups is 1. The molecule has 2 heterocycles. The van der Waals surface area contributed by atoms with Crippen LogP contribution in [0.3, 0.4) is 0 Å². The Morgan fingerprint density at radius 2 is 1.82 bits per heavy atom. The zero-order valence-electron chi connectivity index (χ0n) is 28.4. The van der Waals surface area contributed by atoms with Crippen LogP contribution in [0.2, 0.25) is 0 Å². The maximum absolute atomic E-state index is 13.8. The fraction of sp³-hybridized carbons (Fsp3) is 0.385. The average molecular weight is 811 g/mol. The van der Waals surface area contributed by atoms with Gasteiger partial charge in [-0.3, -0.25) is 24.3 Å². The largest absolute Gasteiger partial charge is 0.504 e. The molecule has 2 aromatic carbocycles. The number of likely N-dealkylation sites (tertiary alicyclic amines) is 1. The van der Waals surface area contributed by atoms with Gasteiger partial charge < -0.3 is 29.9 Å². The maximum Gasteiger partial charge on any atom is 0.303 e. The number of aliphatic carboxylic acids is 1. The zero-order valence-corrected chi connectivity index (χ0v) is 30.6. The van der Waals surface area contributed by atoms with Gasteiger partial charge in [0, 0.05) is 25.1 Å². The normalized spacial score (nSPS) is 19.6. The van der Waals surface area contributed by atoms with Crippen LogP contribution >= 0.6 is 22.6 Å². The van der Waals surface area contributed by atoms with Crippen molar-refractivity contribution in [1.82, 2.24) is 9.88 Å². The van der Waals surface area contributed by atoms with Crippen molar-refractivity contribution in [2.45, 2.75) is 51.0 Å². The Morgan fingerprint density at radius 3 is 2.51 bits per heavy atom. The molecule has 11 nitrogen and oxygen atoms in total. The molecule has 1 fully saturated rings. The van der Waals surface area contributed by atoms with Crippen molar-refractivity contribution in [3.63, 3.8) is 0 Å². The molecule has 1 saturated heterocycles. The number of benzene rings is 2. The number of carboxylic acids is 1. The molecule has 0 saturated carbocycles. The number of phenolic OH excluding ortho intramolecular Hbond substituents is 1. The SMILES string of the molecule is COc1cc(/C=C(/CC[C@@H](O)C2=C(COc3ccccc3)C[C@H]3C(=O)N(CCCCCC(=O)O)C(=O)[C@H]3[C@H]2CO)c2ccccn2)cc(I)c1O. The number of hydrogen-bond acceptors (Lipinski definition) is 9. The van der Waals surface area contributed by atoms with Crippen molar-refractivity contribution in [3.05, 3.63) is 92.8 Å². The van der Waals surface area contributed by atoms with Gasteiger partial charge in [-0.05, 0) is 119 Å². The van der Waals surface area contributed by atoms with E-state index in [9.17, 15) is 29.7 Å². The van der Waals surface area contributed by atoms with Crippen molar-refractivity contribution in [2.75, 3.05) is 26.9 Å². The molecule has 1 aromatic heterocycles. The number of unbranched alkanes of at least 4 members (excludes halogenated alkanes) is 2. The van der Waals surface area contributed by atoms with Gasteiger partial charge in [0.05, 0.1) is 40.9 Å². The average Bonchev–Trinajstić information content (AvgIpc) is 3.37. The Bertz CT molecular complexity index is 1760. The van der Waals surface area contributed by atoms with Crippen molar-refractivity contribution in [2.24, 2.45) is 17.8 Å². The number of hydrogen-bond donors (Lipinski definition) is 4. The minimum atomic E-state index is -1.08. The lowest BCUT2D eigenvalue weighted by molar-refractivity contribution is -0.141. The lowest BCUT2D eigenvalue weighted by Gasteiger charge is -2.36. The summed E-state index contributed by atoms with van der Waals surface area (Å²) in [5.74, 6) is -2.92. The third kappa shape index (κ3) is 9.16. The molecule has 0 radical (unpaired) electrons. The predicted octanol–water partition coefficient (Wildman–Crippen LogP) is 5.72. The Hall–Kier alpha value is -4.27. The van der Waals surface area contributed by atoms with Crippen LogP contribution in [0.4, 0.5) is 0 Å². The summed E-state index contributed by atoms with van der Waals surface area (Å²) in [6, 6.07) is 18.3. The highest BCUT2D eigenvalue weighted by atomic mass is 127. The van der Waals surface area contributed by atoms with Crippen LogP contribution in [-0.2, 0) is 14.4 Å². The smallest absolute Gasteiger partial charge is 0.303 e. The molecule has 12 heteroatoms. The summed E-state index contributed by atoms with van der Waals surface area (Å²) in [6.45, 7) is -0.195. The van der Waals surface area contributed by atoms with Crippen LogP contribution < -0.4 is 9.47 Å². The monoisotopic (exact) mass is 810 g/mol. The first-order valence-electron chi connectivity index (χ1n) is 17.1. The lowest BCUT2D eigenvalue weighted by Crippen LogP contribution is -2.40. The van der Waals surface area contributed by atoms with E-state index in [-0.39, 0.29) is 50.0 Å². The molecule has 1 aliphatic heterocycles. The van der Waals surface area contributed by atoms with Crippen LogP contribution in [-0.4, -0.2) is 81.1 Å². The number of rotatable bonds is 17. The van der Waals surface area contributed by atoms with E-state index in [2.05, 4.69) is 4.98 Å². The predicted molar refractivity (Wildman–Crippen MR) is 199 cm³/mol. The third-order valence-corrected chi connectivity index (χ3v) is 10.4. The molecule has 2 amide bonds. The molecule has 1 aliphatic carbocycles. The molecule has 3 aromatic rings. The molecular formula is C39H43IN2O9. The Kier molecular flexibility index (Phi) is 13.2. The number of carbonyl (C=O) groups excluding carboxylic acids is 2. The van der Waals surface area contributed by atoms with Crippen molar-refractivity contribution in [1.29, 1.82) is 0 Å². The Labute approximate surface area is 310 Å². The van der Waals surface area contributed by atoms with Gasteiger partial charge in [-0.2, -0.15) is 0 Å². The number of methoxy groups -OCH3 is 1. The Balaban J connectivity index is 1.43. The number of carboxylic acid groups (broad SMARTS) is 1. The second-order valence-electron chi connectivity index (χ2n) is 12.8. The molecule has 51 heavy (non-hydrogen) atoms. The highest BCUT2D eigenvalue weighted by Crippen LogP contribution is 2.46. The van der Waals surface area contributed by atoms with E-state index in [4.69, 9.17) is 14.6 Å². The summed E-state index contributed by atoms with van der Waals surface area (Å²) in [7, 11) is 1.48. The standard InChI is InChI=1S/C39H43IN2O9/c1-50-33-20-24(19-30(40)37(33)47)18-25(31-12-7-8-16-41-31)14-15-32(44)35-26(23-51-27-10-4-2-5-11-27)21-28-36(29(35)22-43)39(49)42(38(28)48)17-9-3-6-13-34(45)46/h2,4-5,7-8,10-12,16,18-20,28-29,32,36,43-44,47H,3,6,9,13-15,17,21-23H2,1H3,(H,45,46)/b25-18-/t28-,29+,32-,36-/m1/s1. The van der Waals surface area contributed by atoms with Crippen molar-refractivity contribution < 1.29 is 44.3 Å².